The van der Waals surface area contributed by atoms with Crippen molar-refractivity contribution in [3.8, 4) is 11.5 Å². The fourth-order valence-corrected chi connectivity index (χ4v) is 2.44. The van der Waals surface area contributed by atoms with Crippen LogP contribution in [-0.2, 0) is 4.79 Å². The molecule has 0 amide bonds. The maximum Gasteiger partial charge on any atom is 0.387 e. The number of carbonyl (C=O) groups is 1. The highest BCUT2D eigenvalue weighted by Gasteiger charge is 2.07. The van der Waals surface area contributed by atoms with E-state index in [2.05, 4.69) is 4.74 Å². The predicted octanol–water partition coefficient (Wildman–Crippen LogP) is 4.32. The third-order valence-electron chi connectivity index (χ3n) is 3.66. The Morgan fingerprint density at radius 1 is 1.07 bits per heavy atom. The summed E-state index contributed by atoms with van der Waals surface area (Å²) in [6.45, 7) is -1.11. The van der Waals surface area contributed by atoms with Crippen molar-refractivity contribution >= 4 is 23.0 Å². The summed E-state index contributed by atoms with van der Waals surface area (Å²) >= 11 is 0. The van der Waals surface area contributed by atoms with Gasteiger partial charge in [-0.1, -0.05) is 12.1 Å². The van der Waals surface area contributed by atoms with Gasteiger partial charge in [-0.3, -0.25) is 0 Å². The molecule has 0 saturated carbocycles. The number of halogens is 2. The van der Waals surface area contributed by atoms with Gasteiger partial charge < -0.3 is 13.9 Å². The number of carbonyl (C=O) groups excluding carboxylic acids is 1. The molecule has 0 aliphatic carbocycles. The van der Waals surface area contributed by atoms with E-state index in [0.717, 1.165) is 10.9 Å². The van der Waals surface area contributed by atoms with Crippen LogP contribution >= 0.6 is 0 Å². The third kappa shape index (κ3) is 4.78. The molecule has 5 nitrogen and oxygen atoms in total. The monoisotopic (exact) mass is 372 g/mol. The van der Waals surface area contributed by atoms with Gasteiger partial charge in [-0.15, -0.1) is 0 Å². The van der Waals surface area contributed by atoms with Crippen molar-refractivity contribution in [1.82, 2.24) is 0 Å². The third-order valence-corrected chi connectivity index (χ3v) is 3.66. The van der Waals surface area contributed by atoms with Crippen LogP contribution in [0.15, 0.2) is 63.8 Å². The molecule has 2 aromatic carbocycles. The van der Waals surface area contributed by atoms with Crippen LogP contribution in [0.5, 0.6) is 11.5 Å². The van der Waals surface area contributed by atoms with Gasteiger partial charge in [0.15, 0.2) is 0 Å². The van der Waals surface area contributed by atoms with Crippen molar-refractivity contribution < 1.29 is 27.5 Å². The van der Waals surface area contributed by atoms with E-state index >= 15 is 0 Å². The molecule has 0 fully saturated rings. The van der Waals surface area contributed by atoms with Crippen LogP contribution in [0.1, 0.15) is 11.1 Å². The molecule has 0 spiro atoms. The molecule has 7 heteroatoms. The van der Waals surface area contributed by atoms with Crippen molar-refractivity contribution in [3.05, 3.63) is 76.2 Å². The summed E-state index contributed by atoms with van der Waals surface area (Å²) in [4.78, 5) is 23.4. The average molecular weight is 372 g/mol. The Balaban J connectivity index is 1.69. The van der Waals surface area contributed by atoms with Gasteiger partial charge in [0, 0.05) is 23.6 Å². The molecule has 0 bridgehead atoms. The number of ether oxygens (including phenoxy) is 2. The molecule has 0 aliphatic rings. The first-order chi connectivity index (χ1) is 12.9. The second kappa shape index (κ2) is 7.82. The Morgan fingerprint density at radius 2 is 1.78 bits per heavy atom. The summed E-state index contributed by atoms with van der Waals surface area (Å²) in [5.41, 5.74) is 1.21. The molecule has 0 atom stereocenters. The number of fused-ring (bicyclic) bond motifs is 1. The van der Waals surface area contributed by atoms with Gasteiger partial charge in [0.1, 0.15) is 17.1 Å². The molecular formula is C20H14F2O5. The van der Waals surface area contributed by atoms with Gasteiger partial charge in [-0.05, 0) is 48.4 Å². The summed E-state index contributed by atoms with van der Waals surface area (Å²) < 4.78 is 38.7. The quantitative estimate of drug-likeness (QED) is 0.289. The number of aryl methyl sites for hydroxylation is 1. The van der Waals surface area contributed by atoms with Crippen LogP contribution in [0.25, 0.3) is 17.0 Å². The van der Waals surface area contributed by atoms with Crippen molar-refractivity contribution in [1.29, 1.82) is 0 Å². The molecule has 27 heavy (non-hydrogen) atoms. The zero-order valence-electron chi connectivity index (χ0n) is 14.1. The summed E-state index contributed by atoms with van der Waals surface area (Å²) in [6, 6.07) is 11.9. The van der Waals surface area contributed by atoms with E-state index in [1.807, 2.05) is 0 Å². The molecular weight excluding hydrogens is 358 g/mol. The van der Waals surface area contributed by atoms with Crippen LogP contribution < -0.4 is 15.1 Å². The molecule has 1 heterocycles. The standard InChI is InChI=1S/C20H14F2O5/c1-12-10-19(24)27-17-11-15(7-8-16(12)17)25-18(23)9-4-13-2-5-14(6-3-13)26-20(21)22/h2-11,20H,1H3/b9-4+. The smallest absolute Gasteiger partial charge is 0.387 e. The van der Waals surface area contributed by atoms with E-state index in [9.17, 15) is 18.4 Å². The second-order valence-electron chi connectivity index (χ2n) is 5.61. The number of rotatable bonds is 5. The van der Waals surface area contributed by atoms with E-state index in [4.69, 9.17) is 9.15 Å². The van der Waals surface area contributed by atoms with Crippen molar-refractivity contribution in [2.24, 2.45) is 0 Å². The number of hydrogen-bond acceptors (Lipinski definition) is 5. The molecule has 0 unspecified atom stereocenters. The van der Waals surface area contributed by atoms with Crippen LogP contribution in [0.3, 0.4) is 0 Å². The van der Waals surface area contributed by atoms with Gasteiger partial charge in [-0.25, -0.2) is 9.59 Å². The zero-order chi connectivity index (χ0) is 19.4. The molecule has 3 rings (SSSR count). The summed E-state index contributed by atoms with van der Waals surface area (Å²) in [5, 5.41) is 0.746. The van der Waals surface area contributed by atoms with Crippen molar-refractivity contribution in [2.75, 3.05) is 0 Å². The lowest BCUT2D eigenvalue weighted by atomic mass is 10.1. The molecule has 0 radical (unpaired) electrons. The lowest BCUT2D eigenvalue weighted by Gasteiger charge is -2.05. The highest BCUT2D eigenvalue weighted by atomic mass is 19.3. The lowest BCUT2D eigenvalue weighted by molar-refractivity contribution is -0.128. The summed E-state index contributed by atoms with van der Waals surface area (Å²) in [6.07, 6.45) is 2.67. The topological polar surface area (TPSA) is 65.7 Å². The highest BCUT2D eigenvalue weighted by Crippen LogP contribution is 2.22. The lowest BCUT2D eigenvalue weighted by Crippen LogP contribution is -2.04. The predicted molar refractivity (Wildman–Crippen MR) is 95.0 cm³/mol. The number of benzene rings is 2. The minimum Gasteiger partial charge on any atom is -0.435 e. The molecule has 3 aromatic rings. The maximum atomic E-state index is 12.1. The van der Waals surface area contributed by atoms with Crippen molar-refractivity contribution in [2.45, 2.75) is 13.5 Å². The molecule has 0 aliphatic heterocycles. The van der Waals surface area contributed by atoms with E-state index in [-0.39, 0.29) is 11.5 Å². The Labute approximate surface area is 152 Å². The van der Waals surface area contributed by atoms with E-state index in [1.54, 1.807) is 19.1 Å². The van der Waals surface area contributed by atoms with Crippen LogP contribution in [0.4, 0.5) is 8.78 Å². The first-order valence-corrected chi connectivity index (χ1v) is 7.90. The van der Waals surface area contributed by atoms with Gasteiger partial charge in [0.05, 0.1) is 0 Å². The molecule has 1 aromatic heterocycles. The van der Waals surface area contributed by atoms with Gasteiger partial charge in [0.2, 0.25) is 0 Å². The minimum atomic E-state index is -2.89. The Morgan fingerprint density at radius 3 is 2.48 bits per heavy atom. The van der Waals surface area contributed by atoms with Gasteiger partial charge in [-0.2, -0.15) is 8.78 Å². The number of esters is 1. The molecule has 0 N–H and O–H groups in total. The fraction of sp³-hybridized carbons (Fsp3) is 0.100. The van der Waals surface area contributed by atoms with Gasteiger partial charge >= 0.3 is 18.2 Å². The summed E-state index contributed by atoms with van der Waals surface area (Å²) in [7, 11) is 0. The first kappa shape index (κ1) is 18.3. The zero-order valence-corrected chi connectivity index (χ0v) is 14.1. The van der Waals surface area contributed by atoms with Crippen LogP contribution in [0, 0.1) is 6.92 Å². The maximum absolute atomic E-state index is 12.1. The second-order valence-corrected chi connectivity index (χ2v) is 5.61. The minimum absolute atomic E-state index is 0.0256. The SMILES string of the molecule is Cc1cc(=O)oc2cc(OC(=O)/C=C/c3ccc(OC(F)F)cc3)ccc12. The molecule has 138 valence electrons. The highest BCUT2D eigenvalue weighted by molar-refractivity contribution is 5.89. The van der Waals surface area contributed by atoms with Crippen LogP contribution in [-0.4, -0.2) is 12.6 Å². The fourth-order valence-electron chi connectivity index (χ4n) is 2.44. The Hall–Kier alpha value is -3.48. The largest absolute Gasteiger partial charge is 0.435 e. The van der Waals surface area contributed by atoms with E-state index in [1.165, 1.54) is 48.6 Å². The normalized spacial score (nSPS) is 11.3. The summed E-state index contributed by atoms with van der Waals surface area (Å²) in [5.74, 6) is -0.387. The van der Waals surface area contributed by atoms with Crippen LogP contribution in [0.2, 0.25) is 0 Å². The van der Waals surface area contributed by atoms with E-state index in [0.29, 0.717) is 11.1 Å². The molecule has 0 saturated heterocycles. The Kier molecular flexibility index (Phi) is 5.30. The van der Waals surface area contributed by atoms with Crippen molar-refractivity contribution in [3.63, 3.8) is 0 Å². The van der Waals surface area contributed by atoms with Gasteiger partial charge in [0.25, 0.3) is 0 Å². The number of hydrogen-bond donors (Lipinski definition) is 0. The number of alkyl halides is 2. The first-order valence-electron chi connectivity index (χ1n) is 7.90. The Bertz CT molecular complexity index is 1050. The average Bonchev–Trinajstić information content (AvgIpc) is 2.60. The van der Waals surface area contributed by atoms with E-state index < -0.39 is 18.2 Å².